The zero-order valence-electron chi connectivity index (χ0n) is 12.8. The molecule has 1 amide bonds. The van der Waals surface area contributed by atoms with Crippen LogP contribution in [0.15, 0.2) is 78.9 Å². The number of ketones is 1. The van der Waals surface area contributed by atoms with E-state index in [1.54, 1.807) is 66.7 Å². The first-order valence-corrected chi connectivity index (χ1v) is 7.44. The largest absolute Gasteiger partial charge is 0.506 e. The van der Waals surface area contributed by atoms with E-state index >= 15 is 0 Å². The van der Waals surface area contributed by atoms with Crippen molar-refractivity contribution in [2.45, 2.75) is 0 Å². The third-order valence-electron chi connectivity index (χ3n) is 3.60. The molecule has 0 saturated heterocycles. The Morgan fingerprint density at radius 2 is 1.21 bits per heavy atom. The number of carbonyl (C=O) groups excluding carboxylic acids is 2. The van der Waals surface area contributed by atoms with Gasteiger partial charge in [-0.05, 0) is 24.3 Å². The summed E-state index contributed by atoms with van der Waals surface area (Å²) >= 11 is 0. The normalized spacial score (nSPS) is 10.2. The topological polar surface area (TPSA) is 66.4 Å². The van der Waals surface area contributed by atoms with E-state index in [1.807, 2.05) is 6.07 Å². The molecule has 0 bridgehead atoms. The molecule has 2 N–H and O–H groups in total. The van der Waals surface area contributed by atoms with Gasteiger partial charge in [0.25, 0.3) is 5.91 Å². The molecule has 24 heavy (non-hydrogen) atoms. The molecule has 0 radical (unpaired) electrons. The standard InChI is InChI=1S/C20H15NO3/c22-18-9-5-4-8-17(18)21-20(24)16-12-10-15(11-13-16)19(23)14-6-2-1-3-7-14/h1-13,22H,(H,21,24). The lowest BCUT2D eigenvalue weighted by molar-refractivity contribution is 0.102. The number of rotatable bonds is 4. The van der Waals surface area contributed by atoms with Gasteiger partial charge in [-0.3, -0.25) is 9.59 Å². The summed E-state index contributed by atoms with van der Waals surface area (Å²) in [5.74, 6) is -0.444. The highest BCUT2D eigenvalue weighted by molar-refractivity contribution is 6.10. The Morgan fingerprint density at radius 1 is 0.667 bits per heavy atom. The first-order valence-electron chi connectivity index (χ1n) is 7.44. The number of carbonyl (C=O) groups is 2. The molecule has 0 spiro atoms. The van der Waals surface area contributed by atoms with Gasteiger partial charge in [-0.25, -0.2) is 0 Å². The van der Waals surface area contributed by atoms with Crippen LogP contribution in [0.5, 0.6) is 5.75 Å². The molecule has 0 aliphatic carbocycles. The molecule has 0 aliphatic heterocycles. The summed E-state index contributed by atoms with van der Waals surface area (Å²) in [7, 11) is 0. The molecule has 118 valence electrons. The number of hydrogen-bond donors (Lipinski definition) is 2. The van der Waals surface area contributed by atoms with Crippen LogP contribution in [0.3, 0.4) is 0 Å². The van der Waals surface area contributed by atoms with Crippen LogP contribution in [0.1, 0.15) is 26.3 Å². The predicted molar refractivity (Wildman–Crippen MR) is 92.4 cm³/mol. The average molecular weight is 317 g/mol. The maximum absolute atomic E-state index is 12.3. The molecular formula is C20H15NO3. The minimum Gasteiger partial charge on any atom is -0.506 e. The molecule has 0 fully saturated rings. The molecule has 0 aromatic heterocycles. The first kappa shape index (κ1) is 15.5. The summed E-state index contributed by atoms with van der Waals surface area (Å²) < 4.78 is 0. The molecular weight excluding hydrogens is 302 g/mol. The van der Waals surface area contributed by atoms with Gasteiger partial charge < -0.3 is 10.4 Å². The Kier molecular flexibility index (Phi) is 4.38. The minimum atomic E-state index is -0.352. The second-order valence-electron chi connectivity index (χ2n) is 5.24. The van der Waals surface area contributed by atoms with Crippen LogP contribution in [0.4, 0.5) is 5.69 Å². The number of amides is 1. The third-order valence-corrected chi connectivity index (χ3v) is 3.60. The Morgan fingerprint density at radius 3 is 1.88 bits per heavy atom. The average Bonchev–Trinajstić information content (AvgIpc) is 2.64. The Bertz CT molecular complexity index is 871. The second-order valence-corrected chi connectivity index (χ2v) is 5.24. The minimum absolute atomic E-state index is 0.00160. The predicted octanol–water partition coefficient (Wildman–Crippen LogP) is 3.88. The smallest absolute Gasteiger partial charge is 0.255 e. The molecule has 4 heteroatoms. The zero-order chi connectivity index (χ0) is 16.9. The highest BCUT2D eigenvalue weighted by Crippen LogP contribution is 2.22. The van der Waals surface area contributed by atoms with Crippen LogP contribution in [0.25, 0.3) is 0 Å². The molecule has 0 unspecified atom stereocenters. The van der Waals surface area contributed by atoms with Crippen LogP contribution in [0, 0.1) is 0 Å². The fourth-order valence-corrected chi connectivity index (χ4v) is 2.30. The van der Waals surface area contributed by atoms with Crippen molar-refractivity contribution in [1.82, 2.24) is 0 Å². The summed E-state index contributed by atoms with van der Waals surface area (Å²) in [6.45, 7) is 0. The van der Waals surface area contributed by atoms with Gasteiger partial charge in [0.05, 0.1) is 5.69 Å². The van der Waals surface area contributed by atoms with E-state index in [9.17, 15) is 14.7 Å². The van der Waals surface area contributed by atoms with Crippen molar-refractivity contribution in [1.29, 1.82) is 0 Å². The molecule has 3 rings (SSSR count). The number of aromatic hydroxyl groups is 1. The first-order chi connectivity index (χ1) is 11.6. The number of hydrogen-bond acceptors (Lipinski definition) is 3. The number of nitrogens with one attached hydrogen (secondary N) is 1. The highest BCUT2D eigenvalue weighted by Gasteiger charge is 2.11. The van der Waals surface area contributed by atoms with Crippen molar-refractivity contribution >= 4 is 17.4 Å². The van der Waals surface area contributed by atoms with Crippen LogP contribution in [-0.2, 0) is 0 Å². The molecule has 3 aromatic carbocycles. The van der Waals surface area contributed by atoms with Crippen molar-refractivity contribution in [3.8, 4) is 5.75 Å². The monoisotopic (exact) mass is 317 g/mol. The fraction of sp³-hybridized carbons (Fsp3) is 0. The highest BCUT2D eigenvalue weighted by atomic mass is 16.3. The van der Waals surface area contributed by atoms with Gasteiger partial charge in [-0.2, -0.15) is 0 Å². The fourth-order valence-electron chi connectivity index (χ4n) is 2.30. The van der Waals surface area contributed by atoms with Gasteiger partial charge >= 0.3 is 0 Å². The Balaban J connectivity index is 1.76. The van der Waals surface area contributed by atoms with Gasteiger partial charge in [0.1, 0.15) is 5.75 Å². The molecule has 0 atom stereocenters. The quantitative estimate of drug-likeness (QED) is 0.567. The lowest BCUT2D eigenvalue weighted by atomic mass is 10.0. The summed E-state index contributed by atoms with van der Waals surface area (Å²) in [6, 6.07) is 21.9. The summed E-state index contributed by atoms with van der Waals surface area (Å²) in [5.41, 5.74) is 1.86. The third kappa shape index (κ3) is 3.33. The van der Waals surface area contributed by atoms with E-state index < -0.39 is 0 Å². The van der Waals surface area contributed by atoms with E-state index in [0.717, 1.165) is 0 Å². The number of anilines is 1. The summed E-state index contributed by atoms with van der Waals surface area (Å²) in [5, 5.41) is 12.3. The van der Waals surface area contributed by atoms with Gasteiger partial charge in [0, 0.05) is 16.7 Å². The van der Waals surface area contributed by atoms with E-state index in [2.05, 4.69) is 5.32 Å². The zero-order valence-corrected chi connectivity index (χ0v) is 12.8. The van der Waals surface area contributed by atoms with E-state index in [1.165, 1.54) is 6.07 Å². The van der Waals surface area contributed by atoms with Gasteiger partial charge in [0.15, 0.2) is 5.78 Å². The maximum atomic E-state index is 12.3. The molecule has 4 nitrogen and oxygen atoms in total. The summed E-state index contributed by atoms with van der Waals surface area (Å²) in [4.78, 5) is 24.5. The lowest BCUT2D eigenvalue weighted by Crippen LogP contribution is -2.12. The summed E-state index contributed by atoms with van der Waals surface area (Å²) in [6.07, 6.45) is 0. The van der Waals surface area contributed by atoms with E-state index in [-0.39, 0.29) is 17.4 Å². The van der Waals surface area contributed by atoms with Crippen molar-refractivity contribution in [2.24, 2.45) is 0 Å². The maximum Gasteiger partial charge on any atom is 0.255 e. The van der Waals surface area contributed by atoms with Crippen LogP contribution >= 0.6 is 0 Å². The number of benzene rings is 3. The van der Waals surface area contributed by atoms with Crippen molar-refractivity contribution in [3.63, 3.8) is 0 Å². The van der Waals surface area contributed by atoms with Crippen LogP contribution in [0.2, 0.25) is 0 Å². The Labute approximate surface area is 139 Å². The van der Waals surface area contributed by atoms with Gasteiger partial charge in [-0.15, -0.1) is 0 Å². The van der Waals surface area contributed by atoms with Gasteiger partial charge in [0.2, 0.25) is 0 Å². The lowest BCUT2D eigenvalue weighted by Gasteiger charge is -2.07. The number of phenols is 1. The van der Waals surface area contributed by atoms with Crippen LogP contribution in [-0.4, -0.2) is 16.8 Å². The second kappa shape index (κ2) is 6.79. The Hall–Kier alpha value is -3.40. The molecule has 0 aliphatic rings. The SMILES string of the molecule is O=C(Nc1ccccc1O)c1ccc(C(=O)c2ccccc2)cc1. The molecule has 3 aromatic rings. The van der Waals surface area contributed by atoms with Gasteiger partial charge in [-0.1, -0.05) is 54.6 Å². The van der Waals surface area contributed by atoms with Crippen LogP contribution < -0.4 is 5.32 Å². The molecule has 0 heterocycles. The number of para-hydroxylation sites is 2. The number of phenolic OH excluding ortho intramolecular Hbond substituents is 1. The van der Waals surface area contributed by atoms with Crippen molar-refractivity contribution in [2.75, 3.05) is 5.32 Å². The van der Waals surface area contributed by atoms with E-state index in [4.69, 9.17) is 0 Å². The molecule has 0 saturated carbocycles. The van der Waals surface area contributed by atoms with E-state index in [0.29, 0.717) is 22.4 Å². The van der Waals surface area contributed by atoms with Crippen molar-refractivity contribution < 1.29 is 14.7 Å². The van der Waals surface area contributed by atoms with Crippen molar-refractivity contribution in [3.05, 3.63) is 95.6 Å².